The molecule has 0 spiro atoms. The van der Waals surface area contributed by atoms with Crippen molar-refractivity contribution in [3.05, 3.63) is 64.3 Å². The molecule has 0 saturated carbocycles. The molecule has 0 aliphatic carbocycles. The van der Waals surface area contributed by atoms with Gasteiger partial charge in [-0.25, -0.2) is 3.15 Å². The standard InChI is InChI=1S/C16H10INO/c1-2-6-15-12(4-1)13-8-7-11(10-16(13)19-15)14-5-3-9-17-18-14/h1-10H. The van der Waals surface area contributed by atoms with Gasteiger partial charge < -0.3 is 4.42 Å². The van der Waals surface area contributed by atoms with Gasteiger partial charge in [0, 0.05) is 37.4 Å². The lowest BCUT2D eigenvalue weighted by atomic mass is 10.1. The molecule has 0 fully saturated rings. The van der Waals surface area contributed by atoms with Crippen molar-refractivity contribution in [2.24, 2.45) is 3.15 Å². The van der Waals surface area contributed by atoms with Gasteiger partial charge in [-0.15, -0.1) is 0 Å². The molecule has 0 unspecified atom stereocenters. The molecular weight excluding hydrogens is 349 g/mol. The molecular formula is C16H10INO. The number of halogens is 1. The van der Waals surface area contributed by atoms with Crippen LogP contribution in [-0.4, -0.2) is 0 Å². The maximum Gasteiger partial charge on any atom is 0.136 e. The molecule has 0 bridgehead atoms. The predicted octanol–water partition coefficient (Wildman–Crippen LogP) is 5.61. The van der Waals surface area contributed by atoms with Gasteiger partial charge in [-0.1, -0.05) is 30.3 Å². The minimum Gasteiger partial charge on any atom is -0.456 e. The molecule has 0 radical (unpaired) electrons. The number of allylic oxidation sites excluding steroid dienone is 2. The third-order valence-electron chi connectivity index (χ3n) is 3.20. The van der Waals surface area contributed by atoms with Crippen molar-refractivity contribution in [2.75, 3.05) is 0 Å². The summed E-state index contributed by atoms with van der Waals surface area (Å²) < 4.78 is 12.7. The molecule has 92 valence electrons. The van der Waals surface area contributed by atoms with Crippen LogP contribution in [0.4, 0.5) is 0 Å². The maximum atomic E-state index is 5.91. The van der Waals surface area contributed by atoms with Crippen molar-refractivity contribution in [3.8, 4) is 0 Å². The normalized spacial score (nSPS) is 14.6. The lowest BCUT2D eigenvalue weighted by molar-refractivity contribution is 0.669. The zero-order chi connectivity index (χ0) is 12.7. The molecule has 0 N–H and O–H groups in total. The second-order valence-corrected chi connectivity index (χ2v) is 6.12. The first-order valence-electron chi connectivity index (χ1n) is 6.04. The third kappa shape index (κ3) is 1.85. The second kappa shape index (κ2) is 4.42. The van der Waals surface area contributed by atoms with Crippen LogP contribution in [0.3, 0.4) is 0 Å². The zero-order valence-corrected chi connectivity index (χ0v) is 12.2. The quantitative estimate of drug-likeness (QED) is 0.519. The Morgan fingerprint density at radius 3 is 2.74 bits per heavy atom. The van der Waals surface area contributed by atoms with Gasteiger partial charge in [-0.3, -0.25) is 0 Å². The highest BCUT2D eigenvalue weighted by molar-refractivity contribution is 14.2. The van der Waals surface area contributed by atoms with Crippen molar-refractivity contribution in [1.29, 1.82) is 0 Å². The molecule has 0 amide bonds. The molecule has 3 aromatic rings. The van der Waals surface area contributed by atoms with E-state index in [2.05, 4.69) is 43.6 Å². The van der Waals surface area contributed by atoms with E-state index in [0.717, 1.165) is 22.4 Å². The molecule has 19 heavy (non-hydrogen) atoms. The molecule has 0 saturated heterocycles. The Balaban J connectivity index is 1.97. The Morgan fingerprint density at radius 2 is 1.84 bits per heavy atom. The number of rotatable bonds is 1. The summed E-state index contributed by atoms with van der Waals surface area (Å²) in [5.74, 6) is 0. The second-order valence-electron chi connectivity index (χ2n) is 4.36. The average Bonchev–Trinajstić information content (AvgIpc) is 2.86. The van der Waals surface area contributed by atoms with Gasteiger partial charge in [0.2, 0.25) is 0 Å². The van der Waals surface area contributed by atoms with Crippen LogP contribution < -0.4 is 0 Å². The average molecular weight is 359 g/mol. The van der Waals surface area contributed by atoms with E-state index in [9.17, 15) is 0 Å². The van der Waals surface area contributed by atoms with Gasteiger partial charge in [-0.05, 0) is 28.4 Å². The van der Waals surface area contributed by atoms with Crippen LogP contribution in [0, 0.1) is 0 Å². The minimum absolute atomic E-state index is 0.170. The van der Waals surface area contributed by atoms with E-state index in [4.69, 9.17) is 4.42 Å². The molecule has 2 heterocycles. The summed E-state index contributed by atoms with van der Waals surface area (Å²) in [6.45, 7) is 0. The molecule has 0 atom stereocenters. The van der Waals surface area contributed by atoms with Gasteiger partial charge >= 0.3 is 0 Å². The largest absolute Gasteiger partial charge is 0.456 e. The Bertz CT molecular complexity index is 871. The van der Waals surface area contributed by atoms with E-state index < -0.39 is 0 Å². The zero-order valence-electron chi connectivity index (χ0n) is 10.0. The lowest BCUT2D eigenvalue weighted by Gasteiger charge is -2.02. The van der Waals surface area contributed by atoms with E-state index >= 15 is 0 Å². The SMILES string of the molecule is C1=CI=NC(c2ccc3c(c2)oc2ccccc23)=C1. The summed E-state index contributed by atoms with van der Waals surface area (Å²) in [6, 6.07) is 14.5. The van der Waals surface area contributed by atoms with Crippen molar-refractivity contribution in [1.82, 2.24) is 0 Å². The van der Waals surface area contributed by atoms with E-state index in [-0.39, 0.29) is 21.0 Å². The Hall–Kier alpha value is -1.75. The number of para-hydroxylation sites is 1. The van der Waals surface area contributed by atoms with E-state index in [1.807, 2.05) is 18.2 Å². The lowest BCUT2D eigenvalue weighted by Crippen LogP contribution is -1.80. The Kier molecular flexibility index (Phi) is 2.58. The van der Waals surface area contributed by atoms with Crippen LogP contribution in [0.15, 0.2) is 66.3 Å². The molecule has 1 aliphatic heterocycles. The van der Waals surface area contributed by atoms with Crippen molar-refractivity contribution in [3.63, 3.8) is 0 Å². The fourth-order valence-corrected chi connectivity index (χ4v) is 3.59. The molecule has 1 aliphatic rings. The van der Waals surface area contributed by atoms with Gasteiger partial charge in [0.25, 0.3) is 0 Å². The Morgan fingerprint density at radius 1 is 0.947 bits per heavy atom. The molecule has 4 rings (SSSR count). The molecule has 3 heteroatoms. The number of hydrogen-bond acceptors (Lipinski definition) is 2. The highest BCUT2D eigenvalue weighted by Crippen LogP contribution is 2.32. The first-order chi connectivity index (χ1) is 9.42. The first kappa shape index (κ1) is 11.1. The molecule has 2 aromatic carbocycles. The highest BCUT2D eigenvalue weighted by atomic mass is 127. The summed E-state index contributed by atoms with van der Waals surface area (Å²) in [5, 5.41) is 2.34. The van der Waals surface area contributed by atoms with E-state index in [0.29, 0.717) is 0 Å². The number of furan rings is 1. The van der Waals surface area contributed by atoms with Crippen LogP contribution in [0.2, 0.25) is 0 Å². The van der Waals surface area contributed by atoms with Gasteiger partial charge in [0.1, 0.15) is 11.2 Å². The van der Waals surface area contributed by atoms with Crippen LogP contribution in [0.25, 0.3) is 27.6 Å². The Labute approximate surface area is 120 Å². The summed E-state index contributed by atoms with van der Waals surface area (Å²) in [5.41, 5.74) is 4.08. The van der Waals surface area contributed by atoms with Crippen LogP contribution in [0.5, 0.6) is 0 Å². The maximum absolute atomic E-state index is 5.91. The predicted molar refractivity (Wildman–Crippen MR) is 87.3 cm³/mol. The summed E-state index contributed by atoms with van der Waals surface area (Å²) in [7, 11) is 0. The summed E-state index contributed by atoms with van der Waals surface area (Å²) in [6.07, 6.45) is 4.16. The van der Waals surface area contributed by atoms with Crippen LogP contribution in [-0.2, 0) is 0 Å². The van der Waals surface area contributed by atoms with Crippen molar-refractivity contribution < 1.29 is 4.42 Å². The molecule has 2 nitrogen and oxygen atoms in total. The van der Waals surface area contributed by atoms with Crippen LogP contribution >= 0.6 is 21.0 Å². The minimum atomic E-state index is -0.170. The number of benzene rings is 2. The fraction of sp³-hybridized carbons (Fsp3) is 0. The topological polar surface area (TPSA) is 25.5 Å². The summed E-state index contributed by atoms with van der Waals surface area (Å²) >= 11 is -0.170. The van der Waals surface area contributed by atoms with E-state index in [1.165, 1.54) is 10.8 Å². The van der Waals surface area contributed by atoms with E-state index in [1.54, 1.807) is 0 Å². The first-order valence-corrected chi connectivity index (χ1v) is 8.25. The smallest absolute Gasteiger partial charge is 0.136 e. The third-order valence-corrected chi connectivity index (χ3v) is 4.73. The summed E-state index contributed by atoms with van der Waals surface area (Å²) in [4.78, 5) is 0. The molecule has 1 aromatic heterocycles. The van der Waals surface area contributed by atoms with Gasteiger partial charge in [-0.2, -0.15) is 0 Å². The number of fused-ring (bicyclic) bond motifs is 3. The number of hydrogen-bond donors (Lipinski definition) is 0. The van der Waals surface area contributed by atoms with Crippen molar-refractivity contribution in [2.45, 2.75) is 0 Å². The monoisotopic (exact) mass is 359 g/mol. The van der Waals surface area contributed by atoms with Gasteiger partial charge in [0.15, 0.2) is 0 Å². The van der Waals surface area contributed by atoms with Crippen LogP contribution in [0.1, 0.15) is 5.56 Å². The fourth-order valence-electron chi connectivity index (χ4n) is 2.30. The number of nitrogens with zero attached hydrogens (tertiary/aromatic N) is 1. The van der Waals surface area contributed by atoms with Gasteiger partial charge in [0.05, 0.1) is 5.70 Å². The highest BCUT2D eigenvalue weighted by Gasteiger charge is 2.08. The van der Waals surface area contributed by atoms with Crippen molar-refractivity contribution >= 4 is 48.7 Å².